The van der Waals surface area contributed by atoms with Crippen molar-refractivity contribution in [3.63, 3.8) is 0 Å². The Morgan fingerprint density at radius 1 is 0.778 bits per heavy atom. The number of carbonyl (C=O) groups excluding carboxylic acids is 1. The van der Waals surface area contributed by atoms with Gasteiger partial charge in [0.05, 0.1) is 6.54 Å². The van der Waals surface area contributed by atoms with E-state index in [0.717, 1.165) is 11.4 Å². The van der Waals surface area contributed by atoms with Gasteiger partial charge in [0.25, 0.3) is 0 Å². The van der Waals surface area contributed by atoms with Gasteiger partial charge in [0.1, 0.15) is 6.61 Å². The van der Waals surface area contributed by atoms with E-state index >= 15 is 0 Å². The number of rotatable bonds is 9. The SMILES string of the molecule is O=C(CO)CNNc1nc(Nc2ccccc2)nc(Nc2ccccc2)n1. The number of aromatic nitrogens is 3. The van der Waals surface area contributed by atoms with Gasteiger partial charge in [0.2, 0.25) is 17.8 Å². The molecule has 3 aromatic rings. The Morgan fingerprint density at radius 3 is 1.74 bits per heavy atom. The molecule has 0 aliphatic heterocycles. The van der Waals surface area contributed by atoms with Crippen LogP contribution in [0.25, 0.3) is 0 Å². The number of hydrogen-bond acceptors (Lipinski definition) is 9. The van der Waals surface area contributed by atoms with Crippen molar-refractivity contribution in [3.05, 3.63) is 60.7 Å². The number of benzene rings is 2. The molecule has 0 fully saturated rings. The fraction of sp³-hybridized carbons (Fsp3) is 0.111. The molecule has 0 bridgehead atoms. The van der Waals surface area contributed by atoms with Gasteiger partial charge in [0.15, 0.2) is 5.78 Å². The smallest absolute Gasteiger partial charge is 0.243 e. The summed E-state index contributed by atoms with van der Waals surface area (Å²) in [5.74, 6) is 0.509. The molecule has 0 spiro atoms. The summed E-state index contributed by atoms with van der Waals surface area (Å²) in [4.78, 5) is 24.1. The standard InChI is InChI=1S/C18H19N7O2/c26-12-15(27)11-19-25-18-23-16(20-13-7-3-1-4-8-13)22-17(24-18)21-14-9-5-2-6-10-14/h1-10,19,26H,11-12H2,(H3,20,21,22,23,24,25). The first-order valence-electron chi connectivity index (χ1n) is 8.24. The van der Waals surface area contributed by atoms with Crippen LogP contribution in [0.4, 0.5) is 29.2 Å². The van der Waals surface area contributed by atoms with Crippen LogP contribution in [0.1, 0.15) is 0 Å². The largest absolute Gasteiger partial charge is 0.389 e. The van der Waals surface area contributed by atoms with E-state index in [4.69, 9.17) is 5.11 Å². The van der Waals surface area contributed by atoms with E-state index in [1.54, 1.807) is 0 Å². The number of aliphatic hydroxyl groups excluding tert-OH is 1. The summed E-state index contributed by atoms with van der Waals surface area (Å²) in [5, 5.41) is 15.0. The molecule has 138 valence electrons. The van der Waals surface area contributed by atoms with E-state index in [-0.39, 0.29) is 18.3 Å². The monoisotopic (exact) mass is 365 g/mol. The molecule has 5 N–H and O–H groups in total. The molecular formula is C18H19N7O2. The van der Waals surface area contributed by atoms with Gasteiger partial charge in [-0.25, -0.2) is 5.43 Å². The molecule has 0 aliphatic rings. The molecule has 0 saturated heterocycles. The Morgan fingerprint density at radius 2 is 1.26 bits per heavy atom. The average Bonchev–Trinajstić information content (AvgIpc) is 2.69. The number of anilines is 5. The molecule has 9 heteroatoms. The maximum Gasteiger partial charge on any atom is 0.243 e. The highest BCUT2D eigenvalue weighted by molar-refractivity contribution is 5.81. The van der Waals surface area contributed by atoms with Crippen molar-refractivity contribution >= 4 is 35.0 Å². The molecule has 0 saturated carbocycles. The fourth-order valence-electron chi connectivity index (χ4n) is 2.12. The van der Waals surface area contributed by atoms with Crippen LogP contribution in [0.5, 0.6) is 0 Å². The number of nitrogens with one attached hydrogen (secondary N) is 4. The lowest BCUT2D eigenvalue weighted by Crippen LogP contribution is -2.31. The van der Waals surface area contributed by atoms with E-state index in [1.165, 1.54) is 0 Å². The third-order valence-corrected chi connectivity index (χ3v) is 3.36. The molecule has 0 atom stereocenters. The van der Waals surface area contributed by atoms with Crippen LogP contribution >= 0.6 is 0 Å². The molecule has 0 amide bonds. The maximum atomic E-state index is 11.2. The molecule has 1 aromatic heterocycles. The van der Waals surface area contributed by atoms with Crippen LogP contribution in [-0.2, 0) is 4.79 Å². The van der Waals surface area contributed by atoms with Gasteiger partial charge in [0, 0.05) is 11.4 Å². The summed E-state index contributed by atoms with van der Waals surface area (Å²) >= 11 is 0. The second kappa shape index (κ2) is 9.22. The summed E-state index contributed by atoms with van der Waals surface area (Å²) in [6.45, 7) is -0.599. The van der Waals surface area contributed by atoms with Crippen LogP contribution < -0.4 is 21.5 Å². The van der Waals surface area contributed by atoms with Gasteiger partial charge in [-0.05, 0) is 24.3 Å². The minimum absolute atomic E-state index is 0.0644. The van der Waals surface area contributed by atoms with Crippen LogP contribution in [0.15, 0.2) is 60.7 Å². The predicted octanol–water partition coefficient (Wildman–Crippen LogP) is 1.84. The van der Waals surface area contributed by atoms with Crippen molar-refractivity contribution in [1.29, 1.82) is 0 Å². The van der Waals surface area contributed by atoms with Gasteiger partial charge < -0.3 is 15.7 Å². The predicted molar refractivity (Wildman–Crippen MR) is 103 cm³/mol. The summed E-state index contributed by atoms with van der Waals surface area (Å²) in [6, 6.07) is 19.0. The summed E-state index contributed by atoms with van der Waals surface area (Å²) in [6.07, 6.45) is 0. The number of para-hydroxylation sites is 2. The van der Waals surface area contributed by atoms with Gasteiger partial charge in [-0.2, -0.15) is 15.0 Å². The van der Waals surface area contributed by atoms with E-state index in [9.17, 15) is 4.79 Å². The van der Waals surface area contributed by atoms with E-state index < -0.39 is 6.61 Å². The van der Waals surface area contributed by atoms with Gasteiger partial charge in [-0.3, -0.25) is 10.2 Å². The molecule has 27 heavy (non-hydrogen) atoms. The molecule has 2 aromatic carbocycles. The highest BCUT2D eigenvalue weighted by Crippen LogP contribution is 2.18. The Labute approximate surface area is 155 Å². The summed E-state index contributed by atoms with van der Waals surface area (Å²) in [5.41, 5.74) is 7.05. The normalized spacial score (nSPS) is 10.3. The summed E-state index contributed by atoms with van der Waals surface area (Å²) in [7, 11) is 0. The molecule has 1 heterocycles. The number of ketones is 1. The first-order valence-corrected chi connectivity index (χ1v) is 8.24. The zero-order valence-corrected chi connectivity index (χ0v) is 14.4. The minimum Gasteiger partial charge on any atom is -0.389 e. The van der Waals surface area contributed by atoms with Crippen LogP contribution in [0.2, 0.25) is 0 Å². The average molecular weight is 365 g/mol. The first kappa shape index (κ1) is 18.2. The zero-order chi connectivity index (χ0) is 18.9. The molecule has 3 rings (SSSR count). The number of aliphatic hydroxyl groups is 1. The lowest BCUT2D eigenvalue weighted by atomic mass is 10.3. The van der Waals surface area contributed by atoms with E-state index in [1.807, 2.05) is 60.7 Å². The van der Waals surface area contributed by atoms with Gasteiger partial charge in [-0.15, -0.1) is 0 Å². The topological polar surface area (TPSA) is 124 Å². The number of hydrazine groups is 1. The van der Waals surface area contributed by atoms with E-state index in [2.05, 4.69) is 36.4 Å². The fourth-order valence-corrected chi connectivity index (χ4v) is 2.12. The Balaban J connectivity index is 1.79. The molecular weight excluding hydrogens is 346 g/mol. The second-order valence-corrected chi connectivity index (χ2v) is 5.46. The third-order valence-electron chi connectivity index (χ3n) is 3.36. The molecule has 0 radical (unpaired) electrons. The highest BCUT2D eigenvalue weighted by Gasteiger charge is 2.08. The van der Waals surface area contributed by atoms with Crippen molar-refractivity contribution < 1.29 is 9.90 Å². The van der Waals surface area contributed by atoms with Crippen molar-refractivity contribution in [2.45, 2.75) is 0 Å². The van der Waals surface area contributed by atoms with Crippen molar-refractivity contribution in [2.24, 2.45) is 0 Å². The Bertz CT molecular complexity index is 816. The van der Waals surface area contributed by atoms with Crippen LogP contribution in [0.3, 0.4) is 0 Å². The lowest BCUT2D eigenvalue weighted by Gasteiger charge is -2.11. The van der Waals surface area contributed by atoms with Crippen molar-refractivity contribution in [3.8, 4) is 0 Å². The number of hydrogen-bond donors (Lipinski definition) is 5. The molecule has 0 aliphatic carbocycles. The quantitative estimate of drug-likeness (QED) is 0.361. The van der Waals surface area contributed by atoms with Crippen LogP contribution in [-0.4, -0.2) is 39.0 Å². The van der Waals surface area contributed by atoms with Crippen molar-refractivity contribution in [2.75, 3.05) is 29.2 Å². The van der Waals surface area contributed by atoms with Crippen molar-refractivity contribution in [1.82, 2.24) is 20.4 Å². The molecule has 0 unspecified atom stereocenters. The van der Waals surface area contributed by atoms with Crippen LogP contribution in [0, 0.1) is 0 Å². The third kappa shape index (κ3) is 5.73. The summed E-state index contributed by atoms with van der Waals surface area (Å²) < 4.78 is 0. The first-order chi connectivity index (χ1) is 13.2. The number of Topliss-reactive ketones (excluding diaryl/α,β-unsaturated/α-hetero) is 1. The zero-order valence-electron chi connectivity index (χ0n) is 14.4. The maximum absolute atomic E-state index is 11.2. The Hall–Kier alpha value is -3.56. The second-order valence-electron chi connectivity index (χ2n) is 5.46. The van der Waals surface area contributed by atoms with Gasteiger partial charge >= 0.3 is 0 Å². The number of nitrogens with zero attached hydrogens (tertiary/aromatic N) is 3. The minimum atomic E-state index is -0.534. The number of carbonyl (C=O) groups is 1. The lowest BCUT2D eigenvalue weighted by molar-refractivity contribution is -0.120. The highest BCUT2D eigenvalue weighted by atomic mass is 16.3. The van der Waals surface area contributed by atoms with E-state index in [0.29, 0.717) is 11.9 Å². The Kier molecular flexibility index (Phi) is 6.23. The molecule has 9 nitrogen and oxygen atoms in total. The van der Waals surface area contributed by atoms with Gasteiger partial charge in [-0.1, -0.05) is 36.4 Å².